The summed E-state index contributed by atoms with van der Waals surface area (Å²) in [6, 6.07) is 11.8. The molecule has 0 radical (unpaired) electrons. The van der Waals surface area contributed by atoms with Crippen molar-refractivity contribution in [2.75, 3.05) is 5.32 Å². The molecule has 0 bridgehead atoms. The molecule has 1 aliphatic rings. The first-order valence-electron chi connectivity index (χ1n) is 10.3. The molecule has 0 fully saturated rings. The van der Waals surface area contributed by atoms with Gasteiger partial charge in [0.25, 0.3) is 5.91 Å². The number of carbonyl (C=O) groups excluding carboxylic acids is 1. The van der Waals surface area contributed by atoms with E-state index in [9.17, 15) is 4.79 Å². The Kier molecular flexibility index (Phi) is 6.59. The summed E-state index contributed by atoms with van der Waals surface area (Å²) in [6.07, 6.45) is 10.4. The molecule has 0 spiro atoms. The number of hydrogen-bond acceptors (Lipinski definition) is 2. The molecule has 0 saturated heterocycles. The lowest BCUT2D eigenvalue weighted by atomic mass is 9.72. The lowest BCUT2D eigenvalue weighted by Gasteiger charge is -2.32. The standard InChI is InChI=1S/C26H31NOS/c1-18(12-14-22-19(2)10-8-16-26(22,4)5)17-21-13-15-24(29-21)25(28)27-23-11-7-6-9-20(23)3/h6-7,9,11-15,17H,8,10,16H2,1-5H3,(H,27,28)/b14-12+,18-17+. The van der Waals surface area contributed by atoms with Crippen LogP contribution in [0.3, 0.4) is 0 Å². The van der Waals surface area contributed by atoms with Gasteiger partial charge in [-0.2, -0.15) is 0 Å². The van der Waals surface area contributed by atoms with Crippen LogP contribution in [0.25, 0.3) is 6.08 Å². The van der Waals surface area contributed by atoms with Gasteiger partial charge in [0, 0.05) is 10.6 Å². The Hall–Kier alpha value is -2.39. The fourth-order valence-corrected chi connectivity index (χ4v) is 4.86. The fraction of sp³-hybridized carbons (Fsp3) is 0.346. The number of benzene rings is 1. The van der Waals surface area contributed by atoms with Crippen LogP contribution < -0.4 is 5.32 Å². The topological polar surface area (TPSA) is 29.1 Å². The molecule has 3 rings (SSSR count). The second-order valence-corrected chi connectivity index (χ2v) is 9.74. The van der Waals surface area contributed by atoms with Gasteiger partial charge in [0.05, 0.1) is 4.88 Å². The zero-order chi connectivity index (χ0) is 21.0. The molecule has 0 saturated carbocycles. The summed E-state index contributed by atoms with van der Waals surface area (Å²) in [5, 5.41) is 3.01. The van der Waals surface area contributed by atoms with Crippen LogP contribution in [-0.2, 0) is 0 Å². The minimum Gasteiger partial charge on any atom is -0.321 e. The Morgan fingerprint density at radius 2 is 1.90 bits per heavy atom. The summed E-state index contributed by atoms with van der Waals surface area (Å²) in [6.45, 7) is 11.1. The molecule has 1 amide bonds. The molecule has 152 valence electrons. The van der Waals surface area contributed by atoms with Crippen molar-refractivity contribution in [3.05, 3.63) is 80.6 Å². The average molecular weight is 406 g/mol. The van der Waals surface area contributed by atoms with E-state index >= 15 is 0 Å². The van der Waals surface area contributed by atoms with Crippen molar-refractivity contribution in [2.24, 2.45) is 5.41 Å². The highest BCUT2D eigenvalue weighted by Gasteiger charge is 2.26. The first-order chi connectivity index (χ1) is 13.8. The molecule has 0 unspecified atom stereocenters. The summed E-state index contributed by atoms with van der Waals surface area (Å²) in [4.78, 5) is 14.4. The minimum atomic E-state index is -0.0538. The van der Waals surface area contributed by atoms with E-state index in [0.717, 1.165) is 21.0 Å². The van der Waals surface area contributed by atoms with E-state index in [4.69, 9.17) is 0 Å². The van der Waals surface area contributed by atoms with Crippen molar-refractivity contribution >= 4 is 29.0 Å². The van der Waals surface area contributed by atoms with Crippen LogP contribution in [0, 0.1) is 12.3 Å². The van der Waals surface area contributed by atoms with Crippen molar-refractivity contribution in [1.82, 2.24) is 0 Å². The number of hydrogen-bond donors (Lipinski definition) is 1. The zero-order valence-corrected chi connectivity index (χ0v) is 19.0. The number of rotatable bonds is 5. The highest BCUT2D eigenvalue weighted by molar-refractivity contribution is 7.15. The van der Waals surface area contributed by atoms with Gasteiger partial charge in [0.15, 0.2) is 0 Å². The second-order valence-electron chi connectivity index (χ2n) is 8.62. The van der Waals surface area contributed by atoms with Crippen LogP contribution in [0.5, 0.6) is 0 Å². The number of anilines is 1. The number of thiophene rings is 1. The van der Waals surface area contributed by atoms with E-state index in [1.54, 1.807) is 0 Å². The Labute approximate surface area is 179 Å². The van der Waals surface area contributed by atoms with Gasteiger partial charge < -0.3 is 5.32 Å². The van der Waals surface area contributed by atoms with Gasteiger partial charge in [0.2, 0.25) is 0 Å². The maximum atomic E-state index is 12.6. The molecule has 1 heterocycles. The third-order valence-electron chi connectivity index (χ3n) is 5.67. The summed E-state index contributed by atoms with van der Waals surface area (Å²) < 4.78 is 0. The molecular weight excluding hydrogens is 374 g/mol. The molecule has 0 aliphatic heterocycles. The average Bonchev–Trinajstić information content (AvgIpc) is 3.11. The van der Waals surface area contributed by atoms with Crippen LogP contribution in [0.2, 0.25) is 0 Å². The second kappa shape index (κ2) is 8.96. The van der Waals surface area contributed by atoms with Crippen molar-refractivity contribution < 1.29 is 4.79 Å². The maximum absolute atomic E-state index is 12.6. The summed E-state index contributed by atoms with van der Waals surface area (Å²) in [5.41, 5.74) is 6.36. The van der Waals surface area contributed by atoms with E-state index < -0.39 is 0 Å². The van der Waals surface area contributed by atoms with E-state index in [-0.39, 0.29) is 11.3 Å². The molecule has 2 aromatic rings. The number of carbonyl (C=O) groups is 1. The van der Waals surface area contributed by atoms with Crippen LogP contribution in [0.4, 0.5) is 5.69 Å². The van der Waals surface area contributed by atoms with Crippen molar-refractivity contribution in [3.8, 4) is 0 Å². The van der Waals surface area contributed by atoms with Crippen LogP contribution in [0.1, 0.15) is 67.1 Å². The van der Waals surface area contributed by atoms with Crippen molar-refractivity contribution in [3.63, 3.8) is 0 Å². The van der Waals surface area contributed by atoms with Gasteiger partial charge >= 0.3 is 0 Å². The Morgan fingerprint density at radius 1 is 1.14 bits per heavy atom. The van der Waals surface area contributed by atoms with Crippen molar-refractivity contribution in [1.29, 1.82) is 0 Å². The molecule has 29 heavy (non-hydrogen) atoms. The van der Waals surface area contributed by atoms with E-state index in [0.29, 0.717) is 0 Å². The molecule has 0 atom stereocenters. The highest BCUT2D eigenvalue weighted by atomic mass is 32.1. The molecular formula is C26H31NOS. The van der Waals surface area contributed by atoms with Crippen LogP contribution in [-0.4, -0.2) is 5.91 Å². The fourth-order valence-electron chi connectivity index (χ4n) is 3.95. The predicted molar refractivity (Wildman–Crippen MR) is 127 cm³/mol. The molecule has 1 aromatic heterocycles. The molecule has 1 aromatic carbocycles. The van der Waals surface area contributed by atoms with Crippen LogP contribution >= 0.6 is 11.3 Å². The SMILES string of the molecule is CC1=C(/C=C/C(C)=C/c2ccc(C(=O)Nc3ccccc3C)s2)C(C)(C)CCC1. The largest absolute Gasteiger partial charge is 0.321 e. The van der Waals surface area contributed by atoms with E-state index in [1.807, 2.05) is 43.3 Å². The van der Waals surface area contributed by atoms with Gasteiger partial charge in [-0.05, 0) is 86.4 Å². The summed E-state index contributed by atoms with van der Waals surface area (Å²) in [7, 11) is 0. The first kappa shape index (κ1) is 21.3. The number of nitrogens with one attached hydrogen (secondary N) is 1. The van der Waals surface area contributed by atoms with Gasteiger partial charge in [-0.1, -0.05) is 49.8 Å². The normalized spacial score (nSPS) is 17.1. The Bertz CT molecular complexity index is 988. The third-order valence-corrected chi connectivity index (χ3v) is 6.70. The van der Waals surface area contributed by atoms with Crippen LogP contribution in [0.15, 0.2) is 65.3 Å². The summed E-state index contributed by atoms with van der Waals surface area (Å²) >= 11 is 1.52. The zero-order valence-electron chi connectivity index (χ0n) is 18.1. The van der Waals surface area contributed by atoms with Gasteiger partial charge in [-0.15, -0.1) is 11.3 Å². The monoisotopic (exact) mass is 405 g/mol. The van der Waals surface area contributed by atoms with Crippen molar-refractivity contribution in [2.45, 2.75) is 53.9 Å². The molecule has 1 N–H and O–H groups in total. The third kappa shape index (κ3) is 5.36. The smallest absolute Gasteiger partial charge is 0.265 e. The predicted octanol–water partition coefficient (Wildman–Crippen LogP) is 7.79. The molecule has 3 heteroatoms. The lowest BCUT2D eigenvalue weighted by molar-refractivity contribution is 0.103. The summed E-state index contributed by atoms with van der Waals surface area (Å²) in [5.74, 6) is -0.0538. The van der Waals surface area contributed by atoms with E-state index in [1.165, 1.54) is 47.3 Å². The van der Waals surface area contributed by atoms with Gasteiger partial charge in [-0.25, -0.2) is 0 Å². The van der Waals surface area contributed by atoms with Gasteiger partial charge in [0.1, 0.15) is 0 Å². The number of amides is 1. The van der Waals surface area contributed by atoms with Gasteiger partial charge in [-0.3, -0.25) is 4.79 Å². The number of allylic oxidation sites excluding steroid dienone is 5. The maximum Gasteiger partial charge on any atom is 0.265 e. The Balaban J connectivity index is 1.71. The lowest BCUT2D eigenvalue weighted by Crippen LogP contribution is -2.19. The molecule has 1 aliphatic carbocycles. The number of para-hydroxylation sites is 1. The minimum absolute atomic E-state index is 0.0538. The quantitative estimate of drug-likeness (QED) is 0.505. The highest BCUT2D eigenvalue weighted by Crippen LogP contribution is 2.40. The van der Waals surface area contributed by atoms with E-state index in [2.05, 4.69) is 51.2 Å². The first-order valence-corrected chi connectivity index (χ1v) is 11.1. The Morgan fingerprint density at radius 3 is 2.62 bits per heavy atom. The molecule has 2 nitrogen and oxygen atoms in total. The number of aryl methyl sites for hydroxylation is 1.